The molecule has 1 aromatic carbocycles. The zero-order valence-electron chi connectivity index (χ0n) is 12.7. The molecule has 0 unspecified atom stereocenters. The average molecular weight is 386 g/mol. The number of nitrogens with zero attached hydrogens (tertiary/aromatic N) is 1. The lowest BCUT2D eigenvalue weighted by Crippen LogP contribution is -2.30. The van der Waals surface area contributed by atoms with Crippen molar-refractivity contribution in [1.29, 1.82) is 0 Å². The van der Waals surface area contributed by atoms with Gasteiger partial charge in [-0.2, -0.15) is 0 Å². The van der Waals surface area contributed by atoms with E-state index in [9.17, 15) is 14.9 Å². The third-order valence-corrected chi connectivity index (χ3v) is 5.36. The third kappa shape index (κ3) is 6.38. The number of nitro groups is 1. The van der Waals surface area contributed by atoms with Crippen molar-refractivity contribution in [2.45, 2.75) is 5.75 Å². The Hall–Kier alpha value is -1.77. The lowest BCUT2D eigenvalue weighted by molar-refractivity contribution is -0.384. The molecule has 2 aromatic rings. The fourth-order valence-corrected chi connectivity index (χ4v) is 3.89. The van der Waals surface area contributed by atoms with E-state index in [2.05, 4.69) is 10.6 Å². The van der Waals surface area contributed by atoms with E-state index in [1.165, 1.54) is 23.5 Å². The number of anilines is 1. The Bertz CT molecular complexity index is 692. The molecule has 6 nitrogen and oxygen atoms in total. The molecule has 9 heteroatoms. The number of nitrogens with one attached hydrogen (secondary N) is 2. The van der Waals surface area contributed by atoms with Crippen LogP contribution in [0, 0.1) is 10.1 Å². The van der Waals surface area contributed by atoms with E-state index in [0.717, 1.165) is 20.7 Å². The molecule has 1 amide bonds. The minimum atomic E-state index is -0.439. The highest BCUT2D eigenvalue weighted by molar-refractivity contribution is 7.99. The van der Waals surface area contributed by atoms with Crippen molar-refractivity contribution in [1.82, 2.24) is 5.32 Å². The monoisotopic (exact) mass is 385 g/mol. The Morgan fingerprint density at radius 1 is 1.21 bits per heavy atom. The molecule has 0 radical (unpaired) electrons. The maximum absolute atomic E-state index is 11.7. The highest BCUT2D eigenvalue weighted by atomic mass is 35.5. The van der Waals surface area contributed by atoms with Gasteiger partial charge in [-0.1, -0.05) is 11.6 Å². The molecule has 0 atom stereocenters. The van der Waals surface area contributed by atoms with Gasteiger partial charge >= 0.3 is 0 Å². The number of amides is 1. The number of carbonyl (C=O) groups excluding carboxylic acids is 1. The number of hydrogen-bond acceptors (Lipinski definition) is 6. The first kappa shape index (κ1) is 18.6. The van der Waals surface area contributed by atoms with Gasteiger partial charge < -0.3 is 10.6 Å². The van der Waals surface area contributed by atoms with Gasteiger partial charge in [0.15, 0.2) is 0 Å². The number of hydrogen-bond donors (Lipinski definition) is 2. The van der Waals surface area contributed by atoms with Gasteiger partial charge in [-0.25, -0.2) is 0 Å². The first-order valence-electron chi connectivity index (χ1n) is 7.11. The molecule has 128 valence electrons. The van der Waals surface area contributed by atoms with Gasteiger partial charge in [-0.15, -0.1) is 23.1 Å². The van der Waals surface area contributed by atoms with Crippen molar-refractivity contribution in [3.05, 3.63) is 55.7 Å². The van der Waals surface area contributed by atoms with E-state index in [0.29, 0.717) is 18.8 Å². The summed E-state index contributed by atoms with van der Waals surface area (Å²) < 4.78 is 0.757. The summed E-state index contributed by atoms with van der Waals surface area (Å²) in [6, 6.07) is 9.98. The Balaban J connectivity index is 1.58. The van der Waals surface area contributed by atoms with Gasteiger partial charge in [0.2, 0.25) is 5.91 Å². The summed E-state index contributed by atoms with van der Waals surface area (Å²) in [6.07, 6.45) is 0. The minimum absolute atomic E-state index is 0.0202. The molecule has 0 aliphatic carbocycles. The second kappa shape index (κ2) is 9.51. The molecule has 2 rings (SSSR count). The number of halogens is 1. The number of thiophene rings is 1. The standard InChI is InChI=1S/C15H16ClN3O3S2/c16-14-6-5-13(24-14)9-23-10-15(20)18-8-7-17-11-1-3-12(4-2-11)19(21)22/h1-6,17H,7-10H2,(H,18,20). The maximum atomic E-state index is 11.7. The molecule has 1 heterocycles. The molecule has 0 fully saturated rings. The van der Waals surface area contributed by atoms with Crippen molar-refractivity contribution in [2.24, 2.45) is 0 Å². The summed E-state index contributed by atoms with van der Waals surface area (Å²) >= 11 is 8.91. The average Bonchev–Trinajstić information content (AvgIpc) is 2.97. The van der Waals surface area contributed by atoms with Crippen LogP contribution in [0.4, 0.5) is 11.4 Å². The number of thioether (sulfide) groups is 1. The summed E-state index contributed by atoms with van der Waals surface area (Å²) in [5, 5.41) is 16.5. The summed E-state index contributed by atoms with van der Waals surface area (Å²) in [5.41, 5.74) is 0.830. The normalized spacial score (nSPS) is 10.4. The lowest BCUT2D eigenvalue weighted by Gasteiger charge is -2.07. The van der Waals surface area contributed by atoms with Crippen molar-refractivity contribution in [3.8, 4) is 0 Å². The van der Waals surface area contributed by atoms with Gasteiger partial charge in [-0.3, -0.25) is 14.9 Å². The second-order valence-electron chi connectivity index (χ2n) is 4.78. The van der Waals surface area contributed by atoms with Crippen molar-refractivity contribution >= 4 is 52.0 Å². The van der Waals surface area contributed by atoms with Crippen LogP contribution in [0.1, 0.15) is 4.88 Å². The van der Waals surface area contributed by atoms with Crippen LogP contribution in [0.3, 0.4) is 0 Å². The molecule has 24 heavy (non-hydrogen) atoms. The number of carbonyl (C=O) groups is 1. The maximum Gasteiger partial charge on any atom is 0.269 e. The molecular formula is C15H16ClN3O3S2. The first-order valence-corrected chi connectivity index (χ1v) is 9.46. The quantitative estimate of drug-likeness (QED) is 0.390. The molecule has 0 saturated carbocycles. The van der Waals surface area contributed by atoms with Crippen LogP contribution in [0.25, 0.3) is 0 Å². The molecule has 0 aliphatic rings. The molecule has 0 saturated heterocycles. The Kier molecular flexibility index (Phi) is 7.36. The Morgan fingerprint density at radius 3 is 2.58 bits per heavy atom. The van der Waals surface area contributed by atoms with Crippen LogP contribution >= 0.6 is 34.7 Å². The largest absolute Gasteiger partial charge is 0.383 e. The van der Waals surface area contributed by atoms with E-state index >= 15 is 0 Å². The zero-order chi connectivity index (χ0) is 17.4. The van der Waals surface area contributed by atoms with Crippen LogP contribution in [0.15, 0.2) is 36.4 Å². The summed E-state index contributed by atoms with van der Waals surface area (Å²) in [7, 11) is 0. The van der Waals surface area contributed by atoms with Crippen LogP contribution in [0.5, 0.6) is 0 Å². The van der Waals surface area contributed by atoms with E-state index in [1.54, 1.807) is 23.9 Å². The number of non-ortho nitro benzene ring substituents is 1. The second-order valence-corrected chi connectivity index (χ2v) is 7.56. The number of nitro benzene ring substituents is 1. The highest BCUT2D eigenvalue weighted by Crippen LogP contribution is 2.24. The van der Waals surface area contributed by atoms with Crippen LogP contribution in [-0.4, -0.2) is 29.7 Å². The predicted octanol–water partition coefficient (Wildman–Crippen LogP) is 3.77. The number of benzene rings is 1. The smallest absolute Gasteiger partial charge is 0.269 e. The lowest BCUT2D eigenvalue weighted by atomic mass is 10.3. The van der Waals surface area contributed by atoms with E-state index in [1.807, 2.05) is 12.1 Å². The Labute approximate surface area is 152 Å². The zero-order valence-corrected chi connectivity index (χ0v) is 15.0. The predicted molar refractivity (Wildman–Crippen MR) is 100 cm³/mol. The van der Waals surface area contributed by atoms with Gasteiger partial charge in [0.25, 0.3) is 5.69 Å². The third-order valence-electron chi connectivity index (χ3n) is 2.96. The van der Waals surface area contributed by atoms with Crippen LogP contribution < -0.4 is 10.6 Å². The summed E-state index contributed by atoms with van der Waals surface area (Å²) in [4.78, 5) is 23.0. The van der Waals surface area contributed by atoms with Crippen LogP contribution in [0.2, 0.25) is 4.34 Å². The SMILES string of the molecule is O=C(CSCc1ccc(Cl)s1)NCCNc1ccc([N+](=O)[O-])cc1. The van der Waals surface area contributed by atoms with Gasteiger partial charge in [0.05, 0.1) is 15.0 Å². The molecule has 0 aliphatic heterocycles. The van der Waals surface area contributed by atoms with Gasteiger partial charge in [-0.05, 0) is 24.3 Å². The van der Waals surface area contributed by atoms with Crippen molar-refractivity contribution < 1.29 is 9.72 Å². The first-order chi connectivity index (χ1) is 11.5. The van der Waals surface area contributed by atoms with Crippen molar-refractivity contribution in [3.63, 3.8) is 0 Å². The topological polar surface area (TPSA) is 84.3 Å². The molecular weight excluding hydrogens is 370 g/mol. The summed E-state index contributed by atoms with van der Waals surface area (Å²) in [6.45, 7) is 1.04. The fourth-order valence-electron chi connectivity index (χ4n) is 1.83. The number of rotatable bonds is 9. The van der Waals surface area contributed by atoms with Crippen LogP contribution in [-0.2, 0) is 10.5 Å². The molecule has 0 spiro atoms. The fraction of sp³-hybridized carbons (Fsp3) is 0.267. The van der Waals surface area contributed by atoms with Crippen molar-refractivity contribution in [2.75, 3.05) is 24.2 Å². The Morgan fingerprint density at radius 2 is 1.96 bits per heavy atom. The van der Waals surface area contributed by atoms with E-state index in [-0.39, 0.29) is 11.6 Å². The molecule has 2 N–H and O–H groups in total. The molecule has 0 bridgehead atoms. The van der Waals surface area contributed by atoms with Gasteiger partial charge in [0, 0.05) is 41.5 Å². The minimum Gasteiger partial charge on any atom is -0.383 e. The van der Waals surface area contributed by atoms with E-state index < -0.39 is 4.92 Å². The van der Waals surface area contributed by atoms with Gasteiger partial charge in [0.1, 0.15) is 0 Å². The summed E-state index contributed by atoms with van der Waals surface area (Å²) in [5.74, 6) is 1.15. The van der Waals surface area contributed by atoms with E-state index in [4.69, 9.17) is 11.6 Å². The highest BCUT2D eigenvalue weighted by Gasteiger charge is 2.05. The molecule has 1 aromatic heterocycles.